The summed E-state index contributed by atoms with van der Waals surface area (Å²) in [6.07, 6.45) is 4.70. The van der Waals surface area contributed by atoms with E-state index >= 15 is 0 Å². The van der Waals surface area contributed by atoms with Gasteiger partial charge in [-0.25, -0.2) is 8.42 Å². The fourth-order valence-electron chi connectivity index (χ4n) is 5.00. The van der Waals surface area contributed by atoms with Crippen LogP contribution in [0.25, 0.3) is 0 Å². The molecule has 33 heavy (non-hydrogen) atoms. The number of halogens is 1. The van der Waals surface area contributed by atoms with Crippen LogP contribution in [0.5, 0.6) is 0 Å². The lowest BCUT2D eigenvalue weighted by Crippen LogP contribution is -2.45. The Bertz CT molecular complexity index is 1100. The molecular formula is C25H32ClN3O3S. The number of likely N-dealkylation sites (tertiary alicyclic amines) is 2. The molecule has 0 bridgehead atoms. The lowest BCUT2D eigenvalue weighted by atomic mass is 9.77. The number of hydrogen-bond acceptors (Lipinski definition) is 5. The molecule has 2 aromatic rings. The summed E-state index contributed by atoms with van der Waals surface area (Å²) in [5.41, 5.74) is 8.13. The minimum Gasteiger partial charge on any atom is -0.338 e. The van der Waals surface area contributed by atoms with E-state index in [9.17, 15) is 13.2 Å². The highest BCUT2D eigenvalue weighted by atomic mass is 35.5. The lowest BCUT2D eigenvalue weighted by molar-refractivity contribution is -0.138. The van der Waals surface area contributed by atoms with Gasteiger partial charge in [-0.1, -0.05) is 35.9 Å². The van der Waals surface area contributed by atoms with Crippen molar-refractivity contribution in [3.63, 3.8) is 0 Å². The second-order valence-electron chi connectivity index (χ2n) is 9.46. The van der Waals surface area contributed by atoms with Gasteiger partial charge in [-0.05, 0) is 80.7 Å². The Morgan fingerprint density at radius 1 is 1.06 bits per heavy atom. The van der Waals surface area contributed by atoms with E-state index < -0.39 is 9.84 Å². The van der Waals surface area contributed by atoms with Crippen LogP contribution < -0.4 is 5.73 Å². The van der Waals surface area contributed by atoms with Crippen LogP contribution in [0.3, 0.4) is 0 Å². The molecule has 0 radical (unpaired) electrons. The number of carbonyl (C=O) groups is 1. The van der Waals surface area contributed by atoms with Crippen molar-refractivity contribution >= 4 is 27.3 Å². The van der Waals surface area contributed by atoms with E-state index in [1.807, 2.05) is 29.2 Å². The number of piperidine rings is 1. The van der Waals surface area contributed by atoms with Crippen LogP contribution in [0.15, 0.2) is 53.4 Å². The molecule has 2 fully saturated rings. The third kappa shape index (κ3) is 5.60. The minimum absolute atomic E-state index is 0.0442. The normalized spacial score (nSPS) is 19.8. The zero-order chi connectivity index (χ0) is 23.6. The van der Waals surface area contributed by atoms with Crippen molar-refractivity contribution in [3.8, 4) is 0 Å². The summed E-state index contributed by atoms with van der Waals surface area (Å²) in [6.45, 7) is 4.01. The molecule has 2 saturated heterocycles. The number of nitrogens with two attached hydrogens (primary N) is 1. The summed E-state index contributed by atoms with van der Waals surface area (Å²) in [6, 6.07) is 14.5. The molecule has 1 atom stereocenters. The first-order valence-electron chi connectivity index (χ1n) is 11.5. The van der Waals surface area contributed by atoms with Crippen LogP contribution in [0.2, 0.25) is 5.02 Å². The molecule has 2 aliphatic heterocycles. The van der Waals surface area contributed by atoms with Crippen LogP contribution in [-0.2, 0) is 21.2 Å². The average molecular weight is 490 g/mol. The number of amides is 1. The Morgan fingerprint density at radius 3 is 2.36 bits per heavy atom. The first-order valence-corrected chi connectivity index (χ1v) is 13.8. The van der Waals surface area contributed by atoms with E-state index in [1.54, 1.807) is 24.3 Å². The lowest BCUT2D eigenvalue weighted by Gasteiger charge is -2.38. The topological polar surface area (TPSA) is 83.7 Å². The van der Waals surface area contributed by atoms with Crippen LogP contribution in [0.1, 0.15) is 42.9 Å². The second kappa shape index (κ2) is 9.74. The molecule has 8 heteroatoms. The first-order chi connectivity index (χ1) is 15.7. The Balaban J connectivity index is 1.28. The first kappa shape index (κ1) is 24.2. The molecule has 1 unspecified atom stereocenters. The van der Waals surface area contributed by atoms with Crippen molar-refractivity contribution in [1.82, 2.24) is 9.80 Å². The van der Waals surface area contributed by atoms with Gasteiger partial charge in [0.2, 0.25) is 5.91 Å². The standard InChI is InChI=1S/C25H32ClN3O3S/c1-33(31,32)22-7-5-19(6-8-22)18-29-16-12-25(24(29)30)10-14-28(15-11-25)13-9-23(27)20-3-2-4-21(26)17-20/h2-8,17,23H,9-16,18,27H2,1H3. The number of rotatable bonds is 7. The van der Waals surface area contributed by atoms with E-state index in [4.69, 9.17) is 17.3 Å². The zero-order valence-corrected chi connectivity index (χ0v) is 20.6. The van der Waals surface area contributed by atoms with Crippen LogP contribution in [0, 0.1) is 5.41 Å². The Labute approximate surface area is 201 Å². The largest absolute Gasteiger partial charge is 0.338 e. The van der Waals surface area contributed by atoms with E-state index in [-0.39, 0.29) is 17.4 Å². The Kier molecular flexibility index (Phi) is 7.15. The summed E-state index contributed by atoms with van der Waals surface area (Å²) < 4.78 is 23.3. The maximum absolute atomic E-state index is 13.3. The van der Waals surface area contributed by atoms with Crippen molar-refractivity contribution in [3.05, 3.63) is 64.7 Å². The SMILES string of the molecule is CS(=O)(=O)c1ccc(CN2CCC3(CCN(CCC(N)c4cccc(Cl)c4)CC3)C2=O)cc1. The quantitative estimate of drug-likeness (QED) is 0.641. The molecule has 2 N–H and O–H groups in total. The minimum atomic E-state index is -3.21. The maximum atomic E-state index is 13.3. The average Bonchev–Trinajstić information content (AvgIpc) is 3.08. The highest BCUT2D eigenvalue weighted by Gasteiger charge is 2.47. The molecule has 2 heterocycles. The number of hydrogen-bond donors (Lipinski definition) is 1. The van der Waals surface area contributed by atoms with Gasteiger partial charge < -0.3 is 15.5 Å². The van der Waals surface area contributed by atoms with Crippen LogP contribution in [0.4, 0.5) is 0 Å². The Hall–Kier alpha value is -1.93. The van der Waals surface area contributed by atoms with Gasteiger partial charge in [0, 0.05) is 30.4 Å². The van der Waals surface area contributed by atoms with Gasteiger partial charge in [0.15, 0.2) is 9.84 Å². The van der Waals surface area contributed by atoms with Crippen molar-refractivity contribution < 1.29 is 13.2 Å². The summed E-state index contributed by atoms with van der Waals surface area (Å²) >= 11 is 6.08. The zero-order valence-electron chi connectivity index (χ0n) is 19.0. The highest BCUT2D eigenvalue weighted by molar-refractivity contribution is 7.90. The number of benzene rings is 2. The molecule has 6 nitrogen and oxygen atoms in total. The molecule has 0 saturated carbocycles. The van der Waals surface area contributed by atoms with E-state index in [1.165, 1.54) is 6.26 Å². The van der Waals surface area contributed by atoms with E-state index in [2.05, 4.69) is 4.90 Å². The summed E-state index contributed by atoms with van der Waals surface area (Å²) in [5, 5.41) is 0.707. The van der Waals surface area contributed by atoms with E-state index in [0.717, 1.165) is 63.0 Å². The third-order valence-electron chi connectivity index (χ3n) is 7.17. The molecule has 1 spiro atoms. The van der Waals surface area contributed by atoms with Crippen molar-refractivity contribution in [1.29, 1.82) is 0 Å². The number of carbonyl (C=O) groups excluding carboxylic acids is 1. The number of sulfone groups is 1. The van der Waals surface area contributed by atoms with Crippen LogP contribution in [-0.4, -0.2) is 56.6 Å². The van der Waals surface area contributed by atoms with Gasteiger partial charge >= 0.3 is 0 Å². The van der Waals surface area contributed by atoms with Gasteiger partial charge in [0.25, 0.3) is 0 Å². The van der Waals surface area contributed by atoms with Crippen LogP contribution >= 0.6 is 11.6 Å². The van der Waals surface area contributed by atoms with Gasteiger partial charge in [-0.2, -0.15) is 0 Å². The fraction of sp³-hybridized carbons (Fsp3) is 0.480. The summed E-state index contributed by atoms with van der Waals surface area (Å²) in [7, 11) is -3.21. The smallest absolute Gasteiger partial charge is 0.229 e. The van der Waals surface area contributed by atoms with Gasteiger partial charge in [-0.15, -0.1) is 0 Å². The number of nitrogens with zero attached hydrogens (tertiary/aromatic N) is 2. The molecule has 2 aliphatic rings. The fourth-order valence-corrected chi connectivity index (χ4v) is 5.83. The summed E-state index contributed by atoms with van der Waals surface area (Å²) in [5.74, 6) is 0.241. The molecule has 0 aromatic heterocycles. The molecule has 0 aliphatic carbocycles. The highest BCUT2D eigenvalue weighted by Crippen LogP contribution is 2.42. The third-order valence-corrected chi connectivity index (χ3v) is 8.54. The molecule has 178 valence electrons. The van der Waals surface area contributed by atoms with Gasteiger partial charge in [0.1, 0.15) is 0 Å². The Morgan fingerprint density at radius 2 is 1.73 bits per heavy atom. The predicted molar refractivity (Wildman–Crippen MR) is 131 cm³/mol. The second-order valence-corrected chi connectivity index (χ2v) is 11.9. The van der Waals surface area contributed by atoms with Crippen molar-refractivity contribution in [2.75, 3.05) is 32.4 Å². The molecule has 1 amide bonds. The van der Waals surface area contributed by atoms with Gasteiger partial charge in [-0.3, -0.25) is 4.79 Å². The molecule has 2 aromatic carbocycles. The monoisotopic (exact) mass is 489 g/mol. The predicted octanol–water partition coefficient (Wildman–Crippen LogP) is 3.65. The van der Waals surface area contributed by atoms with Gasteiger partial charge in [0.05, 0.1) is 10.3 Å². The van der Waals surface area contributed by atoms with Crippen molar-refractivity contribution in [2.45, 2.75) is 43.2 Å². The van der Waals surface area contributed by atoms with E-state index in [0.29, 0.717) is 16.5 Å². The molecule has 4 rings (SSSR count). The summed E-state index contributed by atoms with van der Waals surface area (Å²) in [4.78, 5) is 17.9. The molecular weight excluding hydrogens is 458 g/mol. The van der Waals surface area contributed by atoms with Crippen molar-refractivity contribution in [2.24, 2.45) is 11.1 Å². The maximum Gasteiger partial charge on any atom is 0.229 e.